The van der Waals surface area contributed by atoms with Crippen LogP contribution < -0.4 is 11.1 Å². The predicted octanol–water partition coefficient (Wildman–Crippen LogP) is 3.58. The Labute approximate surface area is 180 Å². The number of ether oxygens (including phenoxy) is 1. The molecule has 1 fully saturated rings. The zero-order valence-electron chi connectivity index (χ0n) is 15.6. The Kier molecular flexibility index (Phi) is 7.60. The molecule has 1 aliphatic heterocycles. The summed E-state index contributed by atoms with van der Waals surface area (Å²) in [5.41, 5.74) is 8.07. The number of carbonyl (C=O) groups excluding carboxylic acids is 1. The minimum absolute atomic E-state index is 0. The number of nitrogens with two attached hydrogens (primary N) is 1. The summed E-state index contributed by atoms with van der Waals surface area (Å²) in [5, 5.41) is 2.89. The number of carbonyl (C=O) groups is 1. The van der Waals surface area contributed by atoms with Gasteiger partial charge in [0.15, 0.2) is 0 Å². The Morgan fingerprint density at radius 3 is 2.66 bits per heavy atom. The molecule has 0 saturated carbocycles. The molecule has 1 saturated heterocycles. The van der Waals surface area contributed by atoms with Gasteiger partial charge in [-0.15, -0.1) is 24.8 Å². The van der Waals surface area contributed by atoms with Crippen molar-refractivity contribution in [1.82, 2.24) is 9.97 Å². The van der Waals surface area contributed by atoms with Gasteiger partial charge in [0.05, 0.1) is 11.0 Å². The summed E-state index contributed by atoms with van der Waals surface area (Å²) in [6.45, 7) is 0.978. The minimum Gasteiger partial charge on any atom is -0.381 e. The van der Waals surface area contributed by atoms with Crippen LogP contribution in [0.25, 0.3) is 11.0 Å². The Morgan fingerprint density at radius 2 is 1.93 bits per heavy atom. The fraction of sp³-hybridized carbons (Fsp3) is 0.300. The van der Waals surface area contributed by atoms with Crippen LogP contribution in [0.15, 0.2) is 42.5 Å². The number of hydrogen-bond donors (Lipinski definition) is 3. The van der Waals surface area contributed by atoms with Crippen LogP contribution in [0.5, 0.6) is 0 Å². The molecule has 3 aromatic rings. The number of nitrogens with zero attached hydrogens (tertiary/aromatic N) is 1. The van der Waals surface area contributed by atoms with E-state index in [0.29, 0.717) is 49.6 Å². The van der Waals surface area contributed by atoms with Crippen molar-refractivity contribution in [1.29, 1.82) is 0 Å². The summed E-state index contributed by atoms with van der Waals surface area (Å²) in [7, 11) is 0. The van der Waals surface area contributed by atoms with Gasteiger partial charge < -0.3 is 20.8 Å². The fourth-order valence-electron chi connectivity index (χ4n) is 3.26. The van der Waals surface area contributed by atoms with E-state index in [1.54, 1.807) is 24.3 Å². The van der Waals surface area contributed by atoms with E-state index < -0.39 is 5.54 Å². The molecule has 4 rings (SSSR count). The van der Waals surface area contributed by atoms with E-state index in [4.69, 9.17) is 10.5 Å². The van der Waals surface area contributed by atoms with Crippen molar-refractivity contribution in [2.24, 2.45) is 5.73 Å². The molecule has 2 aromatic carbocycles. The largest absolute Gasteiger partial charge is 0.381 e. The Hall–Kier alpha value is -2.19. The van der Waals surface area contributed by atoms with Crippen molar-refractivity contribution in [2.75, 3.05) is 18.5 Å². The first-order valence-corrected chi connectivity index (χ1v) is 8.94. The number of hydrogen-bond acceptors (Lipinski definition) is 4. The topological polar surface area (TPSA) is 93.0 Å². The maximum atomic E-state index is 13.8. The van der Waals surface area contributed by atoms with Crippen molar-refractivity contribution in [3.8, 4) is 0 Å². The number of fused-ring (bicyclic) bond motifs is 1. The lowest BCUT2D eigenvalue weighted by molar-refractivity contribution is -0.124. The van der Waals surface area contributed by atoms with Gasteiger partial charge in [0.1, 0.15) is 17.2 Å². The van der Waals surface area contributed by atoms with Crippen molar-refractivity contribution < 1.29 is 13.9 Å². The molecule has 0 aliphatic carbocycles. The number of anilines is 1. The van der Waals surface area contributed by atoms with Crippen molar-refractivity contribution in [2.45, 2.75) is 24.8 Å². The van der Waals surface area contributed by atoms with E-state index in [9.17, 15) is 9.18 Å². The van der Waals surface area contributed by atoms with Crippen LogP contribution in [0.4, 0.5) is 10.1 Å². The molecular weight excluding hydrogens is 418 g/mol. The Morgan fingerprint density at radius 1 is 1.21 bits per heavy atom. The zero-order valence-corrected chi connectivity index (χ0v) is 17.2. The number of benzene rings is 2. The Balaban J connectivity index is 0.00000150. The van der Waals surface area contributed by atoms with Crippen molar-refractivity contribution in [3.63, 3.8) is 0 Å². The average Bonchev–Trinajstić information content (AvgIpc) is 3.06. The lowest BCUT2D eigenvalue weighted by Gasteiger charge is -2.31. The summed E-state index contributed by atoms with van der Waals surface area (Å²) in [6, 6.07) is 12.1. The van der Waals surface area contributed by atoms with Gasteiger partial charge >= 0.3 is 0 Å². The monoisotopic (exact) mass is 440 g/mol. The van der Waals surface area contributed by atoms with E-state index in [1.807, 2.05) is 12.1 Å². The van der Waals surface area contributed by atoms with Gasteiger partial charge in [-0.1, -0.05) is 18.2 Å². The molecular formula is C20H23Cl2FN4O2. The third-order valence-corrected chi connectivity index (χ3v) is 4.94. The van der Waals surface area contributed by atoms with Gasteiger partial charge in [0.25, 0.3) is 0 Å². The van der Waals surface area contributed by atoms with Crippen LogP contribution in [-0.4, -0.2) is 34.6 Å². The number of nitrogens with one attached hydrogen (secondary N) is 2. The summed E-state index contributed by atoms with van der Waals surface area (Å²) in [4.78, 5) is 20.2. The number of aromatic nitrogens is 2. The third-order valence-electron chi connectivity index (χ3n) is 4.94. The molecule has 1 aliphatic rings. The molecule has 6 nitrogen and oxygen atoms in total. The molecule has 0 bridgehead atoms. The molecule has 2 heterocycles. The number of halogens is 3. The predicted molar refractivity (Wildman–Crippen MR) is 115 cm³/mol. The normalized spacial score (nSPS) is 15.2. The van der Waals surface area contributed by atoms with Crippen LogP contribution in [0, 0.1) is 5.82 Å². The highest BCUT2D eigenvalue weighted by Gasteiger charge is 2.35. The molecule has 1 aromatic heterocycles. The minimum atomic E-state index is -0.906. The summed E-state index contributed by atoms with van der Waals surface area (Å²) in [6.07, 6.45) is 1.37. The summed E-state index contributed by atoms with van der Waals surface area (Å²) >= 11 is 0. The smallest absolute Gasteiger partial charge is 0.244 e. The van der Waals surface area contributed by atoms with Crippen molar-refractivity contribution in [3.05, 3.63) is 59.7 Å². The SMILES string of the molecule is Cl.Cl.NC1(C(=O)Nc2ccc3nc(Cc4ccccc4F)[nH]c3c2)CCOCC1. The highest BCUT2D eigenvalue weighted by Crippen LogP contribution is 2.23. The first-order chi connectivity index (χ1) is 13.0. The molecule has 0 radical (unpaired) electrons. The van der Waals surface area contributed by atoms with Gasteiger partial charge in [-0.05, 0) is 42.7 Å². The molecule has 1 amide bonds. The van der Waals surface area contributed by atoms with Gasteiger partial charge in [-0.2, -0.15) is 0 Å². The lowest BCUT2D eigenvalue weighted by atomic mass is 9.90. The van der Waals surface area contributed by atoms with Crippen LogP contribution >= 0.6 is 24.8 Å². The summed E-state index contributed by atoms with van der Waals surface area (Å²) in [5.74, 6) is 0.199. The fourth-order valence-corrected chi connectivity index (χ4v) is 3.26. The molecule has 29 heavy (non-hydrogen) atoms. The number of amides is 1. The number of aromatic amines is 1. The number of imidazole rings is 1. The number of H-pyrrole nitrogens is 1. The molecule has 4 N–H and O–H groups in total. The zero-order chi connectivity index (χ0) is 18.9. The number of rotatable bonds is 4. The van der Waals surface area contributed by atoms with E-state index in [2.05, 4.69) is 15.3 Å². The van der Waals surface area contributed by atoms with Gasteiger partial charge in [-0.3, -0.25) is 4.79 Å². The lowest BCUT2D eigenvalue weighted by Crippen LogP contribution is -2.54. The average molecular weight is 441 g/mol. The van der Waals surface area contributed by atoms with Crippen LogP contribution in [0.1, 0.15) is 24.2 Å². The highest BCUT2D eigenvalue weighted by atomic mass is 35.5. The molecule has 0 spiro atoms. The first-order valence-electron chi connectivity index (χ1n) is 8.94. The third kappa shape index (κ3) is 5.05. The second kappa shape index (κ2) is 9.54. The van der Waals surface area contributed by atoms with Crippen molar-refractivity contribution >= 4 is 47.4 Å². The van der Waals surface area contributed by atoms with E-state index in [-0.39, 0.29) is 36.5 Å². The molecule has 9 heteroatoms. The highest BCUT2D eigenvalue weighted by molar-refractivity contribution is 5.99. The maximum Gasteiger partial charge on any atom is 0.244 e. The Bertz CT molecular complexity index is 990. The summed E-state index contributed by atoms with van der Waals surface area (Å²) < 4.78 is 19.1. The standard InChI is InChI=1S/C20H21FN4O2.2ClH/c21-15-4-2-1-3-13(15)11-18-24-16-6-5-14(12-17(16)25-18)23-19(26)20(22)7-9-27-10-8-20;;/h1-6,12H,7-11,22H2,(H,23,26)(H,24,25);2*1H. The van der Waals surface area contributed by atoms with Gasteiger partial charge in [0, 0.05) is 25.3 Å². The first kappa shape index (κ1) is 23.1. The van der Waals surface area contributed by atoms with E-state index in [1.165, 1.54) is 6.07 Å². The maximum absolute atomic E-state index is 13.8. The van der Waals surface area contributed by atoms with Gasteiger partial charge in [0.2, 0.25) is 5.91 Å². The van der Waals surface area contributed by atoms with E-state index >= 15 is 0 Å². The second-order valence-corrected chi connectivity index (χ2v) is 6.91. The molecule has 156 valence electrons. The quantitative estimate of drug-likeness (QED) is 0.577. The van der Waals surface area contributed by atoms with E-state index in [0.717, 1.165) is 11.0 Å². The second-order valence-electron chi connectivity index (χ2n) is 6.91. The van der Waals surface area contributed by atoms with Crippen LogP contribution in [0.3, 0.4) is 0 Å². The molecule has 0 atom stereocenters. The van der Waals surface area contributed by atoms with Gasteiger partial charge in [-0.25, -0.2) is 9.37 Å². The molecule has 0 unspecified atom stereocenters. The van der Waals surface area contributed by atoms with Crippen LogP contribution in [-0.2, 0) is 16.0 Å². The van der Waals surface area contributed by atoms with Crippen LogP contribution in [0.2, 0.25) is 0 Å².